The Balaban J connectivity index is 1.40. The Hall–Kier alpha value is -2.36. The number of halogens is 3. The summed E-state index contributed by atoms with van der Waals surface area (Å²) < 4.78 is 0.996. The minimum atomic E-state index is -0.339. The van der Waals surface area contributed by atoms with E-state index >= 15 is 0 Å². The molecule has 4 aromatic rings. The van der Waals surface area contributed by atoms with E-state index in [0.717, 1.165) is 20.6 Å². The average molecular weight is 621 g/mol. The fourth-order valence-corrected chi connectivity index (χ4v) is 5.77. The van der Waals surface area contributed by atoms with Gasteiger partial charge < -0.3 is 10.6 Å². The number of hydrogen-bond donors (Lipinski definition) is 2. The van der Waals surface area contributed by atoms with E-state index in [4.69, 9.17) is 23.2 Å². The molecule has 2 amide bonds. The van der Waals surface area contributed by atoms with Crippen LogP contribution in [0.4, 0.5) is 10.8 Å². The number of carbonyl (C=O) groups is 2. The smallest absolute Gasteiger partial charge is 0.257 e. The largest absolute Gasteiger partial charge is 0.322 e. The second-order valence-electron chi connectivity index (χ2n) is 7.65. The van der Waals surface area contributed by atoms with E-state index < -0.39 is 0 Å². The van der Waals surface area contributed by atoms with Crippen LogP contribution in [0.15, 0.2) is 81.5 Å². The topological polar surface area (TPSA) is 71.1 Å². The number of rotatable bonds is 8. The predicted molar refractivity (Wildman–Crippen MR) is 155 cm³/mol. The van der Waals surface area contributed by atoms with Crippen LogP contribution in [-0.2, 0) is 4.79 Å². The molecule has 1 atom stereocenters. The van der Waals surface area contributed by atoms with Gasteiger partial charge in [0.25, 0.3) is 5.91 Å². The number of thioether (sulfide) groups is 1. The summed E-state index contributed by atoms with van der Waals surface area (Å²) in [6, 6.07) is 19.9. The van der Waals surface area contributed by atoms with Crippen molar-refractivity contribution in [2.45, 2.75) is 23.5 Å². The van der Waals surface area contributed by atoms with Crippen LogP contribution in [0, 0.1) is 0 Å². The Kier molecular flexibility index (Phi) is 9.09. The number of aromatic nitrogens is 1. The van der Waals surface area contributed by atoms with Crippen molar-refractivity contribution in [3.8, 4) is 11.3 Å². The van der Waals surface area contributed by atoms with Gasteiger partial charge in [-0.1, -0.05) is 64.3 Å². The summed E-state index contributed by atoms with van der Waals surface area (Å²) in [6.45, 7) is 1.96. The molecule has 1 unspecified atom stereocenters. The van der Waals surface area contributed by atoms with Crippen molar-refractivity contribution in [1.82, 2.24) is 4.98 Å². The quantitative estimate of drug-likeness (QED) is 0.193. The lowest BCUT2D eigenvalue weighted by Crippen LogP contribution is -2.24. The molecule has 1 heterocycles. The molecule has 36 heavy (non-hydrogen) atoms. The molecule has 0 aliphatic carbocycles. The van der Waals surface area contributed by atoms with Crippen LogP contribution in [0.1, 0.15) is 23.7 Å². The number of nitrogens with one attached hydrogen (secondary N) is 2. The van der Waals surface area contributed by atoms with Gasteiger partial charge >= 0.3 is 0 Å². The fourth-order valence-electron chi connectivity index (χ4n) is 3.28. The predicted octanol–water partition coefficient (Wildman–Crippen LogP) is 8.64. The highest BCUT2D eigenvalue weighted by atomic mass is 79.9. The molecule has 1 aromatic heterocycles. The van der Waals surface area contributed by atoms with Crippen LogP contribution in [-0.4, -0.2) is 22.0 Å². The summed E-state index contributed by atoms with van der Waals surface area (Å²) in [4.78, 5) is 31.0. The Labute approximate surface area is 235 Å². The first-order chi connectivity index (χ1) is 17.3. The standard InChI is InChI=1S/C26H20BrCl2N3O2S2/c1-2-23(25(34)32-26-31-22(14-35-26)15-6-8-16(27)9-7-15)36-19-5-3-4-18(13-19)30-24(33)20-11-10-17(28)12-21(20)29/h3-14,23H,2H2,1H3,(H,30,33)(H,31,32,34). The lowest BCUT2D eigenvalue weighted by molar-refractivity contribution is -0.115. The molecule has 4 rings (SSSR count). The molecule has 0 aliphatic rings. The zero-order valence-electron chi connectivity index (χ0n) is 18.9. The number of nitrogens with zero attached hydrogens (tertiary/aromatic N) is 1. The number of hydrogen-bond acceptors (Lipinski definition) is 5. The zero-order chi connectivity index (χ0) is 25.7. The van der Waals surface area contributed by atoms with E-state index in [1.54, 1.807) is 18.2 Å². The van der Waals surface area contributed by atoms with Gasteiger partial charge in [0.2, 0.25) is 5.91 Å². The highest BCUT2D eigenvalue weighted by Crippen LogP contribution is 2.31. The molecule has 0 saturated carbocycles. The zero-order valence-corrected chi connectivity index (χ0v) is 23.7. The molecule has 3 aromatic carbocycles. The number of benzene rings is 3. The van der Waals surface area contributed by atoms with E-state index in [-0.39, 0.29) is 22.1 Å². The molecule has 10 heteroatoms. The third-order valence-corrected chi connectivity index (χ3v) is 8.28. The van der Waals surface area contributed by atoms with Gasteiger partial charge in [0, 0.05) is 31.0 Å². The SMILES string of the molecule is CCC(Sc1cccc(NC(=O)c2ccc(Cl)cc2Cl)c1)C(=O)Nc1nc(-c2ccc(Br)cc2)cs1. The third kappa shape index (κ3) is 6.89. The maximum Gasteiger partial charge on any atom is 0.257 e. The van der Waals surface area contributed by atoms with Gasteiger partial charge in [0.15, 0.2) is 5.13 Å². The first-order valence-electron chi connectivity index (χ1n) is 10.9. The monoisotopic (exact) mass is 619 g/mol. The van der Waals surface area contributed by atoms with Crippen LogP contribution >= 0.6 is 62.2 Å². The summed E-state index contributed by atoms with van der Waals surface area (Å²) in [5, 5.41) is 8.67. The minimum Gasteiger partial charge on any atom is -0.322 e. The molecular weight excluding hydrogens is 601 g/mol. The van der Waals surface area contributed by atoms with E-state index in [2.05, 4.69) is 31.5 Å². The molecule has 184 valence electrons. The number of carbonyl (C=O) groups excluding carboxylic acids is 2. The van der Waals surface area contributed by atoms with Gasteiger partial charge in [0.1, 0.15) is 0 Å². The summed E-state index contributed by atoms with van der Waals surface area (Å²) in [5.74, 6) is -0.462. The number of thiazole rings is 1. The maximum absolute atomic E-state index is 13.0. The normalized spacial score (nSPS) is 11.7. The second-order valence-corrected chi connectivity index (χ2v) is 11.5. The summed E-state index contributed by atoms with van der Waals surface area (Å²) in [7, 11) is 0. The van der Waals surface area contributed by atoms with Crippen molar-refractivity contribution >= 4 is 84.9 Å². The van der Waals surface area contributed by atoms with E-state index in [1.807, 2.05) is 54.8 Å². The lowest BCUT2D eigenvalue weighted by Gasteiger charge is -2.14. The molecule has 0 fully saturated rings. The lowest BCUT2D eigenvalue weighted by atomic mass is 10.2. The second kappa shape index (κ2) is 12.3. The van der Waals surface area contributed by atoms with Crippen molar-refractivity contribution in [3.05, 3.63) is 92.2 Å². The molecule has 0 aliphatic heterocycles. The van der Waals surface area contributed by atoms with Crippen molar-refractivity contribution in [2.75, 3.05) is 10.6 Å². The minimum absolute atomic E-state index is 0.124. The van der Waals surface area contributed by atoms with Crippen molar-refractivity contribution in [3.63, 3.8) is 0 Å². The van der Waals surface area contributed by atoms with E-state index in [9.17, 15) is 9.59 Å². The molecule has 5 nitrogen and oxygen atoms in total. The first kappa shape index (κ1) is 26.7. The number of anilines is 2. The van der Waals surface area contributed by atoms with Gasteiger partial charge in [-0.3, -0.25) is 9.59 Å². The molecule has 0 bridgehead atoms. The highest BCUT2D eigenvalue weighted by molar-refractivity contribution is 9.10. The van der Waals surface area contributed by atoms with Gasteiger partial charge in [-0.15, -0.1) is 23.1 Å². The fraction of sp³-hybridized carbons (Fsp3) is 0.115. The van der Waals surface area contributed by atoms with Gasteiger partial charge in [-0.25, -0.2) is 4.98 Å². The van der Waals surface area contributed by atoms with Crippen LogP contribution < -0.4 is 10.6 Å². The molecule has 2 N–H and O–H groups in total. The molecule has 0 saturated heterocycles. The summed E-state index contributed by atoms with van der Waals surface area (Å²) in [6.07, 6.45) is 0.623. The van der Waals surface area contributed by atoms with Crippen molar-refractivity contribution < 1.29 is 9.59 Å². The maximum atomic E-state index is 13.0. The van der Waals surface area contributed by atoms with Crippen LogP contribution in [0.2, 0.25) is 10.0 Å². The first-order valence-corrected chi connectivity index (χ1v) is 14.2. The third-order valence-electron chi connectivity index (χ3n) is 5.08. The summed E-state index contributed by atoms with van der Waals surface area (Å²) >= 11 is 18.3. The van der Waals surface area contributed by atoms with Gasteiger partial charge in [-0.05, 0) is 55.0 Å². The van der Waals surface area contributed by atoms with E-state index in [1.165, 1.54) is 29.2 Å². The highest BCUT2D eigenvalue weighted by Gasteiger charge is 2.20. The molecule has 0 spiro atoms. The van der Waals surface area contributed by atoms with Crippen molar-refractivity contribution in [1.29, 1.82) is 0 Å². The van der Waals surface area contributed by atoms with Gasteiger partial charge in [0.05, 0.1) is 21.5 Å². The Morgan fingerprint density at radius 1 is 1.06 bits per heavy atom. The van der Waals surface area contributed by atoms with E-state index in [0.29, 0.717) is 27.8 Å². The van der Waals surface area contributed by atoms with Crippen LogP contribution in [0.25, 0.3) is 11.3 Å². The Morgan fingerprint density at radius 2 is 1.83 bits per heavy atom. The van der Waals surface area contributed by atoms with Gasteiger partial charge in [-0.2, -0.15) is 0 Å². The molecular formula is C26H20BrCl2N3O2S2. The van der Waals surface area contributed by atoms with Crippen molar-refractivity contribution in [2.24, 2.45) is 0 Å². The Bertz CT molecular complexity index is 1400. The molecule has 0 radical (unpaired) electrons. The average Bonchev–Trinajstić information content (AvgIpc) is 3.31. The van der Waals surface area contributed by atoms with Crippen LogP contribution in [0.5, 0.6) is 0 Å². The van der Waals surface area contributed by atoms with Crippen LogP contribution in [0.3, 0.4) is 0 Å². The summed E-state index contributed by atoms with van der Waals surface area (Å²) in [5.41, 5.74) is 2.73. The number of amides is 2. The Morgan fingerprint density at radius 3 is 2.56 bits per heavy atom.